The van der Waals surface area contributed by atoms with Crippen LogP contribution in [0.15, 0.2) is 24.3 Å². The van der Waals surface area contributed by atoms with Crippen LogP contribution in [0.25, 0.3) is 0 Å². The average molecular weight is 249 g/mol. The van der Waals surface area contributed by atoms with Crippen LogP contribution < -0.4 is 0 Å². The van der Waals surface area contributed by atoms with Gasteiger partial charge in [-0.2, -0.15) is 0 Å². The molecule has 0 aromatic heterocycles. The molecule has 0 spiro atoms. The van der Waals surface area contributed by atoms with Crippen molar-refractivity contribution < 1.29 is 9.90 Å². The van der Waals surface area contributed by atoms with E-state index in [0.717, 1.165) is 25.9 Å². The molecule has 1 rings (SSSR count). The topological polar surface area (TPSA) is 40.5 Å². The second kappa shape index (κ2) is 7.88. The number of carbonyl (C=O) groups is 1. The van der Waals surface area contributed by atoms with Gasteiger partial charge in [-0.05, 0) is 63.5 Å². The first-order valence-corrected chi connectivity index (χ1v) is 6.64. The highest BCUT2D eigenvalue weighted by Crippen LogP contribution is 2.08. The van der Waals surface area contributed by atoms with Crippen molar-refractivity contribution in [3.05, 3.63) is 35.4 Å². The molecule has 1 N–H and O–H groups in total. The van der Waals surface area contributed by atoms with E-state index in [1.165, 1.54) is 18.4 Å². The molecule has 0 atom stereocenters. The molecule has 0 amide bonds. The van der Waals surface area contributed by atoms with E-state index >= 15 is 0 Å². The van der Waals surface area contributed by atoms with Crippen molar-refractivity contribution in [3.63, 3.8) is 0 Å². The Kier molecular flexibility index (Phi) is 6.44. The molecule has 18 heavy (non-hydrogen) atoms. The highest BCUT2D eigenvalue weighted by molar-refractivity contribution is 5.87. The van der Waals surface area contributed by atoms with E-state index in [4.69, 9.17) is 5.11 Å². The Morgan fingerprint density at radius 2 is 1.83 bits per heavy atom. The van der Waals surface area contributed by atoms with Gasteiger partial charge in [-0.25, -0.2) is 4.79 Å². The number of hydrogen-bond acceptors (Lipinski definition) is 2. The maximum absolute atomic E-state index is 10.7. The van der Waals surface area contributed by atoms with Gasteiger partial charge in [0.05, 0.1) is 5.56 Å². The molecule has 0 fully saturated rings. The van der Waals surface area contributed by atoms with Gasteiger partial charge in [0.25, 0.3) is 0 Å². The van der Waals surface area contributed by atoms with E-state index in [-0.39, 0.29) is 0 Å². The third kappa shape index (κ3) is 5.32. The zero-order valence-corrected chi connectivity index (χ0v) is 11.4. The lowest BCUT2D eigenvalue weighted by atomic mass is 10.1. The van der Waals surface area contributed by atoms with Crippen LogP contribution in [0.3, 0.4) is 0 Å². The number of aromatic carboxylic acids is 1. The summed E-state index contributed by atoms with van der Waals surface area (Å²) in [5.74, 6) is -0.859. The molecule has 0 aliphatic rings. The Morgan fingerprint density at radius 3 is 2.39 bits per heavy atom. The number of unbranched alkanes of at least 4 members (excludes halogenated alkanes) is 1. The van der Waals surface area contributed by atoms with E-state index in [9.17, 15) is 4.79 Å². The molecule has 1 aromatic carbocycles. The van der Waals surface area contributed by atoms with Crippen LogP contribution in [0, 0.1) is 0 Å². The quantitative estimate of drug-likeness (QED) is 0.720. The Hall–Kier alpha value is -1.35. The minimum atomic E-state index is -0.859. The summed E-state index contributed by atoms with van der Waals surface area (Å²) in [5, 5.41) is 8.80. The zero-order valence-electron chi connectivity index (χ0n) is 11.4. The van der Waals surface area contributed by atoms with Gasteiger partial charge in [0.15, 0.2) is 0 Å². The summed E-state index contributed by atoms with van der Waals surface area (Å²) in [5.41, 5.74) is 1.58. The number of hydrogen-bond donors (Lipinski definition) is 1. The summed E-state index contributed by atoms with van der Waals surface area (Å²) in [6.45, 7) is 4.49. The molecule has 0 bridgehead atoms. The highest BCUT2D eigenvalue weighted by Gasteiger charge is 2.02. The average Bonchev–Trinajstić information content (AvgIpc) is 2.35. The second-order valence-corrected chi connectivity index (χ2v) is 4.76. The minimum absolute atomic E-state index is 0.362. The van der Waals surface area contributed by atoms with Crippen LogP contribution >= 0.6 is 0 Å². The summed E-state index contributed by atoms with van der Waals surface area (Å²) in [6.07, 6.45) is 4.57. The van der Waals surface area contributed by atoms with Gasteiger partial charge < -0.3 is 10.0 Å². The molecule has 0 aliphatic heterocycles. The fraction of sp³-hybridized carbons (Fsp3) is 0.533. The molecule has 3 nitrogen and oxygen atoms in total. The molecular formula is C15H23NO2. The highest BCUT2D eigenvalue weighted by atomic mass is 16.4. The van der Waals surface area contributed by atoms with E-state index in [2.05, 4.69) is 18.9 Å². The number of nitrogens with zero attached hydrogens (tertiary/aromatic N) is 1. The largest absolute Gasteiger partial charge is 0.478 e. The maximum Gasteiger partial charge on any atom is 0.335 e. The van der Waals surface area contributed by atoms with Crippen LogP contribution in [0.1, 0.15) is 42.1 Å². The number of carboxylic acid groups (broad SMARTS) is 1. The predicted molar refractivity (Wildman–Crippen MR) is 74.1 cm³/mol. The Balaban J connectivity index is 2.25. The number of aryl methyl sites for hydroxylation is 1. The van der Waals surface area contributed by atoms with Gasteiger partial charge in [0.2, 0.25) is 0 Å². The predicted octanol–water partition coefficient (Wildman–Crippen LogP) is 3.05. The van der Waals surface area contributed by atoms with Crippen LogP contribution in [-0.4, -0.2) is 36.1 Å². The number of carboxylic acids is 1. The first-order valence-electron chi connectivity index (χ1n) is 6.64. The Morgan fingerprint density at radius 1 is 1.17 bits per heavy atom. The molecule has 0 radical (unpaired) electrons. The Bertz CT molecular complexity index is 359. The summed E-state index contributed by atoms with van der Waals surface area (Å²) >= 11 is 0. The van der Waals surface area contributed by atoms with Crippen LogP contribution in [0.2, 0.25) is 0 Å². The van der Waals surface area contributed by atoms with Crippen molar-refractivity contribution in [2.45, 2.75) is 32.6 Å². The van der Waals surface area contributed by atoms with Crippen molar-refractivity contribution >= 4 is 5.97 Å². The standard InChI is InChI=1S/C15H23NO2/c1-3-11-16(2)12-5-4-6-13-7-9-14(10-8-13)15(17)18/h7-10H,3-6,11-12H2,1-2H3,(H,17,18). The molecule has 0 saturated carbocycles. The summed E-state index contributed by atoms with van der Waals surface area (Å²) in [7, 11) is 2.16. The van der Waals surface area contributed by atoms with Crippen molar-refractivity contribution in [2.24, 2.45) is 0 Å². The molecule has 0 heterocycles. The number of rotatable bonds is 8. The third-order valence-electron chi connectivity index (χ3n) is 3.06. The van der Waals surface area contributed by atoms with Crippen molar-refractivity contribution in [1.82, 2.24) is 4.90 Å². The van der Waals surface area contributed by atoms with Gasteiger partial charge in [0, 0.05) is 0 Å². The lowest BCUT2D eigenvalue weighted by Gasteiger charge is -2.14. The van der Waals surface area contributed by atoms with E-state index in [0.29, 0.717) is 5.56 Å². The summed E-state index contributed by atoms with van der Waals surface area (Å²) in [6, 6.07) is 7.19. The SMILES string of the molecule is CCCN(C)CCCCc1ccc(C(=O)O)cc1. The smallest absolute Gasteiger partial charge is 0.335 e. The van der Waals surface area contributed by atoms with Crippen molar-refractivity contribution in [2.75, 3.05) is 20.1 Å². The van der Waals surface area contributed by atoms with Gasteiger partial charge in [0.1, 0.15) is 0 Å². The molecular weight excluding hydrogens is 226 g/mol. The summed E-state index contributed by atoms with van der Waals surface area (Å²) < 4.78 is 0. The Labute approximate surface area is 109 Å². The molecule has 0 saturated heterocycles. The first kappa shape index (κ1) is 14.7. The summed E-state index contributed by atoms with van der Waals surface area (Å²) in [4.78, 5) is 13.1. The molecule has 0 aliphatic carbocycles. The zero-order chi connectivity index (χ0) is 13.4. The van der Waals surface area contributed by atoms with E-state index in [1.54, 1.807) is 12.1 Å². The van der Waals surface area contributed by atoms with Gasteiger partial charge >= 0.3 is 5.97 Å². The normalized spacial score (nSPS) is 10.8. The van der Waals surface area contributed by atoms with Crippen LogP contribution in [0.4, 0.5) is 0 Å². The monoisotopic (exact) mass is 249 g/mol. The van der Waals surface area contributed by atoms with E-state index in [1.807, 2.05) is 12.1 Å². The van der Waals surface area contributed by atoms with Crippen molar-refractivity contribution in [1.29, 1.82) is 0 Å². The molecule has 100 valence electrons. The number of benzene rings is 1. The molecule has 0 unspecified atom stereocenters. The fourth-order valence-corrected chi connectivity index (χ4v) is 2.02. The maximum atomic E-state index is 10.7. The third-order valence-corrected chi connectivity index (χ3v) is 3.06. The fourth-order valence-electron chi connectivity index (χ4n) is 2.02. The van der Waals surface area contributed by atoms with E-state index < -0.39 is 5.97 Å². The first-order chi connectivity index (χ1) is 8.63. The lowest BCUT2D eigenvalue weighted by Crippen LogP contribution is -2.20. The molecule has 3 heteroatoms. The van der Waals surface area contributed by atoms with Gasteiger partial charge in [-0.1, -0.05) is 19.1 Å². The molecule has 1 aromatic rings. The van der Waals surface area contributed by atoms with Gasteiger partial charge in [-0.15, -0.1) is 0 Å². The van der Waals surface area contributed by atoms with Crippen LogP contribution in [0.5, 0.6) is 0 Å². The van der Waals surface area contributed by atoms with Gasteiger partial charge in [-0.3, -0.25) is 0 Å². The van der Waals surface area contributed by atoms with Crippen molar-refractivity contribution in [3.8, 4) is 0 Å². The lowest BCUT2D eigenvalue weighted by molar-refractivity contribution is 0.0697. The van der Waals surface area contributed by atoms with Crippen LogP contribution in [-0.2, 0) is 6.42 Å². The second-order valence-electron chi connectivity index (χ2n) is 4.76. The minimum Gasteiger partial charge on any atom is -0.478 e.